The number of aryl methyl sites for hydroxylation is 1. The smallest absolute Gasteiger partial charge is 0.307 e. The molecule has 0 radical (unpaired) electrons. The van der Waals surface area contributed by atoms with Gasteiger partial charge in [0.05, 0.1) is 6.61 Å². The number of piperazine rings is 1. The van der Waals surface area contributed by atoms with E-state index in [0.717, 1.165) is 57.5 Å². The van der Waals surface area contributed by atoms with Crippen LogP contribution in [0.5, 0.6) is 5.88 Å². The Kier molecular flexibility index (Phi) is 10.5. The number of rotatable bonds is 13. The molecule has 8 heteroatoms. The number of aromatic nitrogens is 1. The quantitative estimate of drug-likeness (QED) is 0.178. The van der Waals surface area contributed by atoms with E-state index in [1.165, 1.54) is 21.4 Å². The number of anilines is 2. The van der Waals surface area contributed by atoms with Gasteiger partial charge in [0, 0.05) is 56.2 Å². The van der Waals surface area contributed by atoms with Crippen LogP contribution in [0.3, 0.4) is 0 Å². The summed E-state index contributed by atoms with van der Waals surface area (Å²) in [6.45, 7) is 12.0. The lowest BCUT2D eigenvalue weighted by atomic mass is 9.96. The Labute approximate surface area is 256 Å². The predicted molar refractivity (Wildman–Crippen MR) is 172 cm³/mol. The highest BCUT2D eigenvalue weighted by atomic mass is 16.5. The van der Waals surface area contributed by atoms with Gasteiger partial charge < -0.3 is 14.4 Å². The number of unbranched alkanes of at least 4 members (excludes halogenated alkanes) is 1. The number of hydrogen-bond acceptors (Lipinski definition) is 7. The minimum Gasteiger partial charge on any atom is -0.478 e. The molecular weight excluding hydrogens is 540 g/mol. The first-order valence-electron chi connectivity index (χ1n) is 15.9. The lowest BCUT2D eigenvalue weighted by Gasteiger charge is -2.36. The fraction of sp³-hybridized carbons (Fsp3) is 0.514. The number of fused-ring (bicyclic) bond motifs is 2. The van der Waals surface area contributed by atoms with Crippen molar-refractivity contribution in [3.8, 4) is 5.88 Å². The summed E-state index contributed by atoms with van der Waals surface area (Å²) in [5, 5.41) is 2.62. The van der Waals surface area contributed by atoms with Gasteiger partial charge >= 0.3 is 5.97 Å². The van der Waals surface area contributed by atoms with Gasteiger partial charge in [0.15, 0.2) is 6.73 Å². The molecule has 230 valence electrons. The van der Waals surface area contributed by atoms with Crippen LogP contribution in [-0.4, -0.2) is 67.8 Å². The molecule has 2 aliphatic rings. The first-order valence-corrected chi connectivity index (χ1v) is 15.9. The normalized spacial score (nSPS) is 16.4. The summed E-state index contributed by atoms with van der Waals surface area (Å²) in [6, 6.07) is 19.0. The van der Waals surface area contributed by atoms with Crippen LogP contribution < -0.4 is 14.5 Å². The molecule has 0 N–H and O–H groups in total. The molecule has 0 saturated carbocycles. The van der Waals surface area contributed by atoms with Crippen LogP contribution >= 0.6 is 0 Å². The van der Waals surface area contributed by atoms with Crippen molar-refractivity contribution < 1.29 is 19.1 Å². The first kappa shape index (κ1) is 30.8. The van der Waals surface area contributed by atoms with E-state index in [1.807, 2.05) is 12.1 Å². The minimum absolute atomic E-state index is 0.0827. The van der Waals surface area contributed by atoms with Crippen molar-refractivity contribution in [3.05, 3.63) is 60.2 Å². The van der Waals surface area contributed by atoms with Gasteiger partial charge in [-0.1, -0.05) is 57.2 Å². The number of amides is 1. The average molecular weight is 587 g/mol. The maximum Gasteiger partial charge on any atom is 0.307 e. The zero-order valence-electron chi connectivity index (χ0n) is 26.0. The van der Waals surface area contributed by atoms with Crippen LogP contribution in [-0.2, 0) is 20.7 Å². The molecule has 3 heterocycles. The van der Waals surface area contributed by atoms with E-state index in [2.05, 4.69) is 78.0 Å². The Hall–Kier alpha value is -3.65. The molecule has 1 atom stereocenters. The summed E-state index contributed by atoms with van der Waals surface area (Å²) >= 11 is 0. The SMILES string of the molecule is CC(C)CC(C)CC(=O)OCN1C(=O)CCc2ccc(OCCCCN3CCN(c4cccc5ccccc45)CC3)nc21. The van der Waals surface area contributed by atoms with Crippen LogP contribution in [0, 0.1) is 11.8 Å². The molecule has 5 rings (SSSR count). The second-order valence-corrected chi connectivity index (χ2v) is 12.4. The molecule has 3 aromatic rings. The van der Waals surface area contributed by atoms with Crippen molar-refractivity contribution in [1.82, 2.24) is 9.88 Å². The molecule has 43 heavy (non-hydrogen) atoms. The number of ether oxygens (including phenoxy) is 2. The van der Waals surface area contributed by atoms with E-state index < -0.39 is 0 Å². The molecule has 0 aliphatic carbocycles. The maximum atomic E-state index is 12.7. The number of nitrogens with zero attached hydrogens (tertiary/aromatic N) is 4. The van der Waals surface area contributed by atoms with Crippen molar-refractivity contribution in [3.63, 3.8) is 0 Å². The lowest BCUT2D eigenvalue weighted by molar-refractivity contribution is -0.145. The van der Waals surface area contributed by atoms with Gasteiger partial charge in [-0.05, 0) is 67.1 Å². The average Bonchev–Trinajstić information content (AvgIpc) is 3.00. The van der Waals surface area contributed by atoms with Crippen molar-refractivity contribution in [2.24, 2.45) is 11.8 Å². The summed E-state index contributed by atoms with van der Waals surface area (Å²) in [5.41, 5.74) is 2.30. The summed E-state index contributed by atoms with van der Waals surface area (Å²) in [5.74, 6) is 1.45. The Morgan fingerprint density at radius 1 is 0.930 bits per heavy atom. The first-order chi connectivity index (χ1) is 20.9. The zero-order chi connectivity index (χ0) is 30.2. The number of carbonyl (C=O) groups excluding carboxylic acids is 2. The van der Waals surface area contributed by atoms with Gasteiger partial charge in [0.25, 0.3) is 0 Å². The van der Waals surface area contributed by atoms with Gasteiger partial charge in [-0.3, -0.25) is 19.4 Å². The summed E-state index contributed by atoms with van der Waals surface area (Å²) in [7, 11) is 0. The number of pyridine rings is 1. The number of benzene rings is 2. The molecular formula is C35H46N4O4. The van der Waals surface area contributed by atoms with Crippen molar-refractivity contribution >= 4 is 34.2 Å². The summed E-state index contributed by atoms with van der Waals surface area (Å²) in [4.78, 5) is 36.3. The van der Waals surface area contributed by atoms with Gasteiger partial charge in [-0.25, -0.2) is 0 Å². The monoisotopic (exact) mass is 586 g/mol. The van der Waals surface area contributed by atoms with Crippen LogP contribution in [0.2, 0.25) is 0 Å². The van der Waals surface area contributed by atoms with E-state index in [0.29, 0.717) is 43.5 Å². The molecule has 1 unspecified atom stereocenters. The molecule has 8 nitrogen and oxygen atoms in total. The third-order valence-corrected chi connectivity index (χ3v) is 8.44. The topological polar surface area (TPSA) is 75.2 Å². The number of hydrogen-bond donors (Lipinski definition) is 0. The zero-order valence-corrected chi connectivity index (χ0v) is 26.0. The third kappa shape index (κ3) is 8.25. The van der Waals surface area contributed by atoms with Crippen molar-refractivity contribution in [2.75, 3.05) is 55.9 Å². The molecule has 1 saturated heterocycles. The molecule has 0 spiro atoms. The highest BCUT2D eigenvalue weighted by molar-refractivity contribution is 5.95. The fourth-order valence-electron chi connectivity index (χ4n) is 6.28. The van der Waals surface area contributed by atoms with E-state index in [-0.39, 0.29) is 24.5 Å². The highest BCUT2D eigenvalue weighted by Gasteiger charge is 2.27. The Balaban J connectivity index is 1.05. The van der Waals surface area contributed by atoms with Gasteiger partial charge in [0.1, 0.15) is 5.82 Å². The second-order valence-electron chi connectivity index (χ2n) is 12.4. The largest absolute Gasteiger partial charge is 0.478 e. The highest BCUT2D eigenvalue weighted by Crippen LogP contribution is 2.29. The molecule has 0 bridgehead atoms. The summed E-state index contributed by atoms with van der Waals surface area (Å²) < 4.78 is 11.5. The molecule has 2 aliphatic heterocycles. The molecule has 1 fully saturated rings. The number of esters is 1. The lowest BCUT2D eigenvalue weighted by Crippen LogP contribution is -2.46. The van der Waals surface area contributed by atoms with Crippen molar-refractivity contribution in [1.29, 1.82) is 0 Å². The Bertz CT molecular complexity index is 1380. The van der Waals surface area contributed by atoms with Crippen LogP contribution in [0.1, 0.15) is 58.4 Å². The number of carbonyl (C=O) groups is 2. The standard InChI is InChI=1S/C35H46N4O4/c1-26(2)23-27(3)24-34(41)43-25-39-33(40)16-14-29-13-15-32(36-35(29)39)42-22-7-6-17-37-18-20-38(21-19-37)31-12-8-10-28-9-4-5-11-30(28)31/h4-5,8-13,15,26-27H,6-7,14,16-25H2,1-3H3. The van der Waals surface area contributed by atoms with E-state index in [1.54, 1.807) is 0 Å². The Morgan fingerprint density at radius 2 is 1.72 bits per heavy atom. The van der Waals surface area contributed by atoms with Gasteiger partial charge in [-0.15, -0.1) is 0 Å². The second kappa shape index (κ2) is 14.7. The van der Waals surface area contributed by atoms with E-state index >= 15 is 0 Å². The molecule has 2 aromatic carbocycles. The van der Waals surface area contributed by atoms with E-state index in [4.69, 9.17) is 9.47 Å². The maximum absolute atomic E-state index is 12.7. The fourth-order valence-corrected chi connectivity index (χ4v) is 6.28. The van der Waals surface area contributed by atoms with Gasteiger partial charge in [-0.2, -0.15) is 4.98 Å². The third-order valence-electron chi connectivity index (χ3n) is 8.44. The van der Waals surface area contributed by atoms with Crippen LogP contribution in [0.15, 0.2) is 54.6 Å². The summed E-state index contributed by atoms with van der Waals surface area (Å²) in [6.07, 6.45) is 4.30. The van der Waals surface area contributed by atoms with Crippen LogP contribution in [0.25, 0.3) is 10.8 Å². The minimum atomic E-state index is -0.282. The predicted octanol–water partition coefficient (Wildman–Crippen LogP) is 6.07. The van der Waals surface area contributed by atoms with Crippen molar-refractivity contribution in [2.45, 2.75) is 59.3 Å². The van der Waals surface area contributed by atoms with E-state index in [9.17, 15) is 9.59 Å². The molecule has 1 amide bonds. The Morgan fingerprint density at radius 3 is 2.53 bits per heavy atom. The molecule has 1 aromatic heterocycles. The van der Waals surface area contributed by atoms with Gasteiger partial charge in [0.2, 0.25) is 11.8 Å². The van der Waals surface area contributed by atoms with Crippen LogP contribution in [0.4, 0.5) is 11.5 Å².